The molecule has 5 aromatic rings. The van der Waals surface area contributed by atoms with E-state index in [1.165, 1.54) is 16.4 Å². The van der Waals surface area contributed by atoms with Gasteiger partial charge in [0.1, 0.15) is 17.3 Å². The van der Waals surface area contributed by atoms with Crippen molar-refractivity contribution in [2.75, 3.05) is 64.7 Å². The molecule has 11 nitrogen and oxygen atoms in total. The van der Waals surface area contributed by atoms with Gasteiger partial charge in [-0.05, 0) is 80.3 Å². The van der Waals surface area contributed by atoms with Crippen molar-refractivity contribution in [3.8, 4) is 16.9 Å². The predicted molar refractivity (Wildman–Crippen MR) is 220 cm³/mol. The Kier molecular flexibility index (Phi) is 14.0. The van der Waals surface area contributed by atoms with E-state index in [0.29, 0.717) is 87.0 Å². The molecule has 0 amide bonds. The number of hydrogen-bond acceptors (Lipinski definition) is 8. The lowest BCUT2D eigenvalue weighted by atomic mass is 9.93. The number of alkyl halides is 1. The highest BCUT2D eigenvalue weighted by Crippen LogP contribution is 2.44. The zero-order chi connectivity index (χ0) is 40.0. The second-order valence-electron chi connectivity index (χ2n) is 13.9. The molecule has 56 heavy (non-hydrogen) atoms. The van der Waals surface area contributed by atoms with Crippen LogP contribution in [0.15, 0.2) is 48.5 Å². The Bertz CT molecular complexity index is 2270. The zero-order valence-corrected chi connectivity index (χ0v) is 34.7. The first-order chi connectivity index (χ1) is 27.0. The fourth-order valence-electron chi connectivity index (χ4n) is 7.67. The molecule has 3 heterocycles. The van der Waals surface area contributed by atoms with Crippen LogP contribution in [0.3, 0.4) is 0 Å². The molecule has 1 unspecified atom stereocenters. The number of halogens is 3. The minimum atomic E-state index is -3.50. The third-order valence-corrected chi connectivity index (χ3v) is 13.0. The summed E-state index contributed by atoms with van der Waals surface area (Å²) in [4.78, 5) is 19.3. The van der Waals surface area contributed by atoms with Crippen molar-refractivity contribution in [1.82, 2.24) is 24.0 Å². The molecule has 1 fully saturated rings. The lowest BCUT2D eigenvalue weighted by molar-refractivity contribution is 0.0126. The number of nitrogens with one attached hydrogen (secondary N) is 1. The monoisotopic (exact) mass is 829 g/mol. The quantitative estimate of drug-likeness (QED) is 0.0538. The number of carbonyl (C=O) groups excluding carboxylic acids is 1. The maximum absolute atomic E-state index is 13.9. The molecule has 0 bridgehead atoms. The van der Waals surface area contributed by atoms with Crippen LogP contribution in [0.2, 0.25) is 5.02 Å². The molecule has 15 heteroatoms. The first-order valence-corrected chi connectivity index (χ1v) is 21.7. The lowest BCUT2D eigenvalue weighted by Gasteiger charge is -2.35. The summed E-state index contributed by atoms with van der Waals surface area (Å²) in [6.45, 7) is 7.08. The van der Waals surface area contributed by atoms with Gasteiger partial charge < -0.3 is 19.2 Å². The van der Waals surface area contributed by atoms with E-state index in [1.54, 1.807) is 20.0 Å². The van der Waals surface area contributed by atoms with Crippen LogP contribution in [0, 0.1) is 5.82 Å². The number of nitrogens with zero attached hydrogens (tertiary/aromatic N) is 4. The number of morpholine rings is 1. The summed E-state index contributed by atoms with van der Waals surface area (Å²) in [5.74, 6) is 0.136. The minimum absolute atomic E-state index is 0.0177. The highest BCUT2D eigenvalue weighted by atomic mass is 35.5. The first kappa shape index (κ1) is 41.9. The molecule has 1 aliphatic rings. The molecule has 6 rings (SSSR count). The summed E-state index contributed by atoms with van der Waals surface area (Å²) in [5, 5.41) is 8.02. The van der Waals surface area contributed by atoms with Gasteiger partial charge in [-0.2, -0.15) is 5.10 Å². The Labute approximate surface area is 338 Å². The maximum atomic E-state index is 13.9. The average molecular weight is 831 g/mol. The average Bonchev–Trinajstić information content (AvgIpc) is 3.72. The van der Waals surface area contributed by atoms with Gasteiger partial charge in [-0.1, -0.05) is 36.7 Å². The summed E-state index contributed by atoms with van der Waals surface area (Å²) < 4.78 is 60.8. The van der Waals surface area contributed by atoms with Gasteiger partial charge in [0.2, 0.25) is 10.0 Å². The van der Waals surface area contributed by atoms with Crippen molar-refractivity contribution in [3.05, 3.63) is 82.0 Å². The van der Waals surface area contributed by atoms with Gasteiger partial charge in [-0.25, -0.2) is 21.9 Å². The largest absolute Gasteiger partial charge is 0.493 e. The van der Waals surface area contributed by atoms with Crippen molar-refractivity contribution in [1.29, 1.82) is 0 Å². The summed E-state index contributed by atoms with van der Waals surface area (Å²) in [6, 6.07) is 13.7. The van der Waals surface area contributed by atoms with Crippen molar-refractivity contribution >= 4 is 60.9 Å². The van der Waals surface area contributed by atoms with Crippen LogP contribution in [0.4, 0.5) is 4.39 Å². The fraction of sp³-hybridized carbons (Fsp3) is 0.463. The number of fused-ring (bicyclic) bond motifs is 2. The Morgan fingerprint density at radius 3 is 2.59 bits per heavy atom. The normalized spacial score (nSPS) is 14.6. The van der Waals surface area contributed by atoms with Crippen molar-refractivity contribution in [2.24, 2.45) is 7.05 Å². The van der Waals surface area contributed by atoms with Crippen molar-refractivity contribution in [3.63, 3.8) is 0 Å². The number of sulfonamides is 1. The van der Waals surface area contributed by atoms with E-state index in [0.717, 1.165) is 44.2 Å². The van der Waals surface area contributed by atoms with E-state index in [-0.39, 0.29) is 36.6 Å². The molecular weight excluding hydrogens is 780 g/mol. The highest BCUT2D eigenvalue weighted by molar-refractivity contribution is 7.89. The van der Waals surface area contributed by atoms with Gasteiger partial charge in [0.05, 0.1) is 54.5 Å². The van der Waals surface area contributed by atoms with E-state index >= 15 is 0 Å². The van der Waals surface area contributed by atoms with Crippen LogP contribution in [-0.2, 0) is 39.4 Å². The molecule has 302 valence electrons. The molecular formula is C41H50Cl2FN5O6S. The molecule has 0 aliphatic carbocycles. The SMILES string of the molecule is CCOC(=O)c1[nH]c2c(-c3c(C(CCN(C)S(=O)(=O)CCCCl)N4CCOCC4)nn(C)c3CC)c(Cl)ccc2c1CCCOc1cccc2cc(F)ccc12. The first-order valence-electron chi connectivity index (χ1n) is 19.2. The Morgan fingerprint density at radius 1 is 1.09 bits per heavy atom. The van der Waals surface area contributed by atoms with Crippen molar-refractivity contribution in [2.45, 2.75) is 52.0 Å². The van der Waals surface area contributed by atoms with Gasteiger partial charge in [0.15, 0.2) is 0 Å². The van der Waals surface area contributed by atoms with Crippen LogP contribution in [0.5, 0.6) is 5.75 Å². The van der Waals surface area contributed by atoms with Gasteiger partial charge in [-0.15, -0.1) is 11.6 Å². The number of H-pyrrole nitrogens is 1. The third-order valence-electron chi connectivity index (χ3n) is 10.5. The molecule has 2 aromatic heterocycles. The van der Waals surface area contributed by atoms with E-state index in [4.69, 9.17) is 42.5 Å². The number of benzene rings is 3. The van der Waals surface area contributed by atoms with Crippen LogP contribution in [-0.4, -0.2) is 103 Å². The molecule has 0 radical (unpaired) electrons. The second-order valence-corrected chi connectivity index (χ2v) is 16.9. The standard InChI is InChI=1S/C41H50Cl2FN5O6S/c1-5-33-37(40(46-48(33)4)34(49-20-23-53-24-21-49)17-19-47(3)56(51,52)25-9-18-42)36-32(43)16-15-31-30(39(45-38(31)36)41(50)54-6-2)11-8-22-55-35-12-7-10-27-26-28(44)13-14-29(27)35/h7,10,12-16,26,34,45H,5-6,8-9,11,17-25H2,1-4H3. The Balaban J connectivity index is 1.39. The molecule has 3 aromatic carbocycles. The Morgan fingerprint density at radius 2 is 1.86 bits per heavy atom. The second kappa shape index (κ2) is 18.7. The summed E-state index contributed by atoms with van der Waals surface area (Å²) in [5.41, 5.74) is 5.14. The van der Waals surface area contributed by atoms with Crippen LogP contribution < -0.4 is 4.74 Å². The molecule has 0 spiro atoms. The number of esters is 1. The van der Waals surface area contributed by atoms with Gasteiger partial charge >= 0.3 is 5.97 Å². The van der Waals surface area contributed by atoms with Gasteiger partial charge in [0.25, 0.3) is 0 Å². The fourth-order valence-corrected chi connectivity index (χ4v) is 9.42. The molecule has 1 saturated heterocycles. The van der Waals surface area contributed by atoms with Crippen molar-refractivity contribution < 1.29 is 31.8 Å². The number of aryl methyl sites for hydroxylation is 2. The lowest BCUT2D eigenvalue weighted by Crippen LogP contribution is -2.41. The summed E-state index contributed by atoms with van der Waals surface area (Å²) in [7, 11) is 0.0224. The van der Waals surface area contributed by atoms with Crippen LogP contribution >= 0.6 is 23.2 Å². The number of hydrogen-bond donors (Lipinski definition) is 1. The smallest absolute Gasteiger partial charge is 0.355 e. The molecule has 0 saturated carbocycles. The number of carbonyl (C=O) groups is 1. The minimum Gasteiger partial charge on any atom is -0.493 e. The van der Waals surface area contributed by atoms with Gasteiger partial charge in [0, 0.05) is 67.2 Å². The van der Waals surface area contributed by atoms with Crippen LogP contribution in [0.1, 0.15) is 66.6 Å². The number of ether oxygens (including phenoxy) is 3. The highest BCUT2D eigenvalue weighted by Gasteiger charge is 2.33. The number of aromatic amines is 1. The zero-order valence-electron chi connectivity index (χ0n) is 32.4. The molecule has 1 atom stereocenters. The van der Waals surface area contributed by atoms with E-state index in [1.807, 2.05) is 42.1 Å². The molecule has 1 aliphatic heterocycles. The van der Waals surface area contributed by atoms with Gasteiger partial charge in [-0.3, -0.25) is 9.58 Å². The number of aromatic nitrogens is 3. The van der Waals surface area contributed by atoms with E-state index in [2.05, 4.69) is 16.8 Å². The topological polar surface area (TPSA) is 119 Å². The van der Waals surface area contributed by atoms with Crippen LogP contribution in [0.25, 0.3) is 32.8 Å². The summed E-state index contributed by atoms with van der Waals surface area (Å²) >= 11 is 13.0. The van der Waals surface area contributed by atoms with E-state index in [9.17, 15) is 17.6 Å². The Hall–Kier alpha value is -3.72. The maximum Gasteiger partial charge on any atom is 0.355 e. The number of rotatable bonds is 18. The summed E-state index contributed by atoms with van der Waals surface area (Å²) in [6.07, 6.45) is 2.57. The van der Waals surface area contributed by atoms with E-state index < -0.39 is 16.0 Å². The predicted octanol–water partition coefficient (Wildman–Crippen LogP) is 7.92. The molecule has 1 N–H and O–H groups in total. The third kappa shape index (κ3) is 9.03.